The van der Waals surface area contributed by atoms with Crippen molar-refractivity contribution in [2.75, 3.05) is 5.73 Å². The maximum Gasteiger partial charge on any atom is 0.240 e. The van der Waals surface area contributed by atoms with E-state index in [1.807, 2.05) is 6.92 Å². The summed E-state index contributed by atoms with van der Waals surface area (Å²) < 4.78 is 28.5. The molecule has 0 radical (unpaired) electrons. The van der Waals surface area contributed by atoms with Crippen LogP contribution in [0.5, 0.6) is 0 Å². The number of sulfonamides is 1. The third kappa shape index (κ3) is 2.98. The summed E-state index contributed by atoms with van der Waals surface area (Å²) in [5.41, 5.74) is 6.22. The Morgan fingerprint density at radius 1 is 1.33 bits per heavy atom. The fourth-order valence-electron chi connectivity index (χ4n) is 4.00. The van der Waals surface area contributed by atoms with Crippen molar-refractivity contribution < 1.29 is 8.42 Å². The molecule has 0 spiro atoms. The summed E-state index contributed by atoms with van der Waals surface area (Å²) in [5, 5.41) is 0. The van der Waals surface area contributed by atoms with Crippen molar-refractivity contribution in [1.82, 2.24) is 4.72 Å². The van der Waals surface area contributed by atoms with Crippen LogP contribution in [-0.2, 0) is 10.0 Å². The second-order valence-electron chi connectivity index (χ2n) is 6.43. The molecule has 0 aliphatic heterocycles. The van der Waals surface area contributed by atoms with E-state index < -0.39 is 10.0 Å². The van der Waals surface area contributed by atoms with Crippen molar-refractivity contribution >= 4 is 31.6 Å². The van der Waals surface area contributed by atoms with Gasteiger partial charge < -0.3 is 5.73 Å². The highest BCUT2D eigenvalue weighted by Crippen LogP contribution is 2.49. The van der Waals surface area contributed by atoms with Crippen molar-refractivity contribution in [1.29, 1.82) is 0 Å². The molecule has 4 unspecified atom stereocenters. The van der Waals surface area contributed by atoms with Crippen LogP contribution in [0.15, 0.2) is 27.6 Å². The fraction of sp³-hybridized carbons (Fsp3) is 0.600. The molecule has 2 saturated carbocycles. The maximum absolute atomic E-state index is 12.5. The van der Waals surface area contributed by atoms with Gasteiger partial charge in [-0.3, -0.25) is 0 Å². The standard InChI is InChI=1S/C15H21BrN2O2S/c1-9(13-7-10-2-3-11(13)6-10)18-21(19,20)12-4-5-14(16)15(17)8-12/h4-5,8-11,13,18H,2-3,6-7,17H2,1H3. The fourth-order valence-corrected chi connectivity index (χ4v) is 5.57. The number of rotatable bonds is 4. The molecule has 4 atom stereocenters. The summed E-state index contributed by atoms with van der Waals surface area (Å²) in [6.45, 7) is 1.99. The summed E-state index contributed by atoms with van der Waals surface area (Å²) in [5.74, 6) is 1.99. The van der Waals surface area contributed by atoms with Crippen LogP contribution < -0.4 is 10.5 Å². The molecule has 0 heterocycles. The lowest BCUT2D eigenvalue weighted by atomic mass is 9.84. The Bertz CT molecular complexity index is 647. The summed E-state index contributed by atoms with van der Waals surface area (Å²) in [4.78, 5) is 0.234. The van der Waals surface area contributed by atoms with Crippen molar-refractivity contribution in [3.8, 4) is 0 Å². The molecule has 2 aliphatic rings. The lowest BCUT2D eigenvalue weighted by Gasteiger charge is -2.28. The second-order valence-corrected chi connectivity index (χ2v) is 9.00. The number of nitrogen functional groups attached to an aromatic ring is 1. The number of hydrogen-bond donors (Lipinski definition) is 2. The van der Waals surface area contributed by atoms with Gasteiger partial charge in [0, 0.05) is 16.2 Å². The smallest absolute Gasteiger partial charge is 0.240 e. The topological polar surface area (TPSA) is 72.2 Å². The molecule has 21 heavy (non-hydrogen) atoms. The third-order valence-corrected chi connectivity index (χ3v) is 7.33. The number of anilines is 1. The zero-order valence-corrected chi connectivity index (χ0v) is 14.5. The van der Waals surface area contributed by atoms with Crippen molar-refractivity contribution in [2.24, 2.45) is 17.8 Å². The summed E-state index contributed by atoms with van der Waals surface area (Å²) in [6, 6.07) is 4.73. The van der Waals surface area contributed by atoms with Gasteiger partial charge in [0.15, 0.2) is 0 Å². The highest BCUT2D eigenvalue weighted by Gasteiger charge is 2.42. The van der Waals surface area contributed by atoms with E-state index in [4.69, 9.17) is 5.73 Å². The highest BCUT2D eigenvalue weighted by atomic mass is 79.9. The average Bonchev–Trinajstić information content (AvgIpc) is 3.03. The quantitative estimate of drug-likeness (QED) is 0.797. The zero-order valence-electron chi connectivity index (χ0n) is 12.0. The van der Waals surface area contributed by atoms with Crippen LogP contribution in [0.1, 0.15) is 32.6 Å². The van der Waals surface area contributed by atoms with Crippen LogP contribution in [0, 0.1) is 17.8 Å². The summed E-state index contributed by atoms with van der Waals surface area (Å²) in [6.07, 6.45) is 5.02. The number of nitrogens with two attached hydrogens (primary N) is 1. The monoisotopic (exact) mass is 372 g/mol. The lowest BCUT2D eigenvalue weighted by Crippen LogP contribution is -2.40. The average molecular weight is 373 g/mol. The van der Waals surface area contributed by atoms with Crippen molar-refractivity contribution in [3.63, 3.8) is 0 Å². The van der Waals surface area contributed by atoms with E-state index in [0.29, 0.717) is 22.0 Å². The van der Waals surface area contributed by atoms with Gasteiger partial charge in [-0.25, -0.2) is 13.1 Å². The van der Waals surface area contributed by atoms with Gasteiger partial charge in [-0.2, -0.15) is 0 Å². The Balaban J connectivity index is 1.75. The Hall–Kier alpha value is -0.590. The van der Waals surface area contributed by atoms with E-state index >= 15 is 0 Å². The normalized spacial score (nSPS) is 29.7. The number of hydrogen-bond acceptors (Lipinski definition) is 3. The van der Waals surface area contributed by atoms with E-state index in [9.17, 15) is 8.42 Å². The van der Waals surface area contributed by atoms with Gasteiger partial charge in [0.25, 0.3) is 0 Å². The molecular weight excluding hydrogens is 352 g/mol. The Labute approximate surface area is 134 Å². The van der Waals surface area contributed by atoms with Gasteiger partial charge in [-0.05, 0) is 78.1 Å². The predicted octanol–water partition coefficient (Wildman–Crippen LogP) is 3.13. The predicted molar refractivity (Wildman–Crippen MR) is 87.3 cm³/mol. The summed E-state index contributed by atoms with van der Waals surface area (Å²) in [7, 11) is -3.50. The van der Waals surface area contributed by atoms with Gasteiger partial charge in [-0.1, -0.05) is 6.42 Å². The minimum atomic E-state index is -3.50. The van der Waals surface area contributed by atoms with Gasteiger partial charge >= 0.3 is 0 Å². The molecule has 0 saturated heterocycles. The Kier molecular flexibility index (Phi) is 4.05. The molecular formula is C15H21BrN2O2S. The molecule has 4 nitrogen and oxygen atoms in total. The van der Waals surface area contributed by atoms with Crippen LogP contribution in [0.25, 0.3) is 0 Å². The van der Waals surface area contributed by atoms with Gasteiger partial charge in [-0.15, -0.1) is 0 Å². The molecule has 3 rings (SSSR count). The number of nitrogens with one attached hydrogen (secondary N) is 1. The molecule has 1 aromatic carbocycles. The number of benzene rings is 1. The molecule has 1 aromatic rings. The molecule has 116 valence electrons. The molecule has 2 bridgehead atoms. The van der Waals surface area contributed by atoms with E-state index in [1.54, 1.807) is 12.1 Å². The minimum absolute atomic E-state index is 0.0184. The third-order valence-electron chi connectivity index (χ3n) is 5.05. The first-order valence-electron chi connectivity index (χ1n) is 7.44. The number of halogens is 1. The van der Waals surface area contributed by atoms with Crippen LogP contribution >= 0.6 is 15.9 Å². The summed E-state index contributed by atoms with van der Waals surface area (Å²) >= 11 is 3.28. The molecule has 2 fully saturated rings. The van der Waals surface area contributed by atoms with Crippen LogP contribution in [0.3, 0.4) is 0 Å². The van der Waals surface area contributed by atoms with Gasteiger partial charge in [0.1, 0.15) is 0 Å². The first kappa shape index (κ1) is 15.3. The Morgan fingerprint density at radius 2 is 2.10 bits per heavy atom. The van der Waals surface area contributed by atoms with Crippen LogP contribution in [-0.4, -0.2) is 14.5 Å². The van der Waals surface area contributed by atoms with Crippen LogP contribution in [0.4, 0.5) is 5.69 Å². The molecule has 3 N–H and O–H groups in total. The first-order chi connectivity index (χ1) is 9.87. The second kappa shape index (κ2) is 5.56. The number of fused-ring (bicyclic) bond motifs is 2. The van der Waals surface area contributed by atoms with E-state index in [1.165, 1.54) is 25.3 Å². The van der Waals surface area contributed by atoms with Crippen molar-refractivity contribution in [3.05, 3.63) is 22.7 Å². The lowest BCUT2D eigenvalue weighted by molar-refractivity contribution is 0.280. The largest absolute Gasteiger partial charge is 0.398 e. The van der Waals surface area contributed by atoms with E-state index in [2.05, 4.69) is 20.7 Å². The molecule has 0 amide bonds. The highest BCUT2D eigenvalue weighted by molar-refractivity contribution is 9.10. The van der Waals surface area contributed by atoms with Gasteiger partial charge in [0.2, 0.25) is 10.0 Å². The SMILES string of the molecule is CC(NS(=O)(=O)c1ccc(Br)c(N)c1)C1CC2CCC1C2. The zero-order chi connectivity index (χ0) is 15.2. The van der Waals surface area contributed by atoms with Crippen LogP contribution in [0.2, 0.25) is 0 Å². The molecule has 2 aliphatic carbocycles. The molecule has 6 heteroatoms. The van der Waals surface area contributed by atoms with Crippen molar-refractivity contribution in [2.45, 2.75) is 43.5 Å². The van der Waals surface area contributed by atoms with E-state index in [-0.39, 0.29) is 10.9 Å². The van der Waals surface area contributed by atoms with Gasteiger partial charge in [0.05, 0.1) is 4.90 Å². The maximum atomic E-state index is 12.5. The Morgan fingerprint density at radius 3 is 2.67 bits per heavy atom. The molecule has 0 aromatic heterocycles. The van der Waals surface area contributed by atoms with E-state index in [0.717, 1.165) is 12.3 Å². The first-order valence-corrected chi connectivity index (χ1v) is 9.72. The minimum Gasteiger partial charge on any atom is -0.398 e.